The number of hydrogen-bond acceptors (Lipinski definition) is 6. The van der Waals surface area contributed by atoms with Gasteiger partial charge in [-0.2, -0.15) is 0 Å². The molecule has 0 bridgehead atoms. The maximum Gasteiger partial charge on any atom is 0.322 e. The first-order valence-corrected chi connectivity index (χ1v) is 13.1. The van der Waals surface area contributed by atoms with Crippen molar-refractivity contribution in [3.8, 4) is 5.75 Å². The SMILES string of the molecule is COc1ccc(Cc2nc3c(c(N4CCOCC4)n2)CN(C(=O)Nc2cccc4ccccc24)CC3)cc1. The number of morpholine rings is 1. The minimum Gasteiger partial charge on any atom is -0.497 e. The molecule has 1 saturated heterocycles. The predicted molar refractivity (Wildman–Crippen MR) is 148 cm³/mol. The fraction of sp³-hybridized carbons (Fsp3) is 0.300. The molecule has 1 N–H and O–H groups in total. The molecule has 1 fully saturated rings. The standard InChI is InChI=1S/C30H31N5O3/c1-37-23-11-9-21(10-12-23)19-28-31-27-13-14-35(20-25(27)29(33-28)34-15-17-38-18-16-34)30(36)32-26-8-4-6-22-5-2-3-7-24(22)26/h2-12H,13-20H2,1H3,(H,32,36). The van der Waals surface area contributed by atoms with Crippen molar-refractivity contribution in [2.75, 3.05) is 50.2 Å². The lowest BCUT2D eigenvalue weighted by Gasteiger charge is -2.34. The molecule has 0 saturated carbocycles. The summed E-state index contributed by atoms with van der Waals surface area (Å²) in [5, 5.41) is 5.27. The van der Waals surface area contributed by atoms with Gasteiger partial charge >= 0.3 is 6.03 Å². The van der Waals surface area contributed by atoms with Gasteiger partial charge in [-0.25, -0.2) is 14.8 Å². The molecule has 0 unspecified atom stereocenters. The van der Waals surface area contributed by atoms with Crippen molar-refractivity contribution in [3.63, 3.8) is 0 Å². The van der Waals surface area contributed by atoms with Crippen LogP contribution in [-0.2, 0) is 24.1 Å². The Hall–Kier alpha value is -4.17. The maximum atomic E-state index is 13.4. The fourth-order valence-corrected chi connectivity index (χ4v) is 5.19. The highest BCUT2D eigenvalue weighted by atomic mass is 16.5. The molecular formula is C30H31N5O3. The third-order valence-corrected chi connectivity index (χ3v) is 7.24. The molecule has 0 spiro atoms. The first kappa shape index (κ1) is 24.2. The molecule has 4 aromatic rings. The number of rotatable bonds is 5. The number of carbonyl (C=O) groups is 1. The molecule has 2 aliphatic heterocycles. The number of fused-ring (bicyclic) bond motifs is 2. The Morgan fingerprint density at radius 3 is 2.58 bits per heavy atom. The molecule has 0 radical (unpaired) electrons. The third-order valence-electron chi connectivity index (χ3n) is 7.24. The van der Waals surface area contributed by atoms with Gasteiger partial charge in [0.05, 0.1) is 38.2 Å². The zero-order valence-corrected chi connectivity index (χ0v) is 21.5. The van der Waals surface area contributed by atoms with Crippen LogP contribution in [0.15, 0.2) is 66.7 Å². The molecule has 0 atom stereocenters. The van der Waals surface area contributed by atoms with Crippen LogP contribution in [0.4, 0.5) is 16.3 Å². The Morgan fingerprint density at radius 1 is 0.974 bits per heavy atom. The topological polar surface area (TPSA) is 79.8 Å². The molecule has 8 nitrogen and oxygen atoms in total. The molecule has 8 heteroatoms. The van der Waals surface area contributed by atoms with E-state index in [1.54, 1.807) is 7.11 Å². The highest BCUT2D eigenvalue weighted by Crippen LogP contribution is 2.29. The van der Waals surface area contributed by atoms with Crippen LogP contribution in [0.5, 0.6) is 5.75 Å². The Morgan fingerprint density at radius 2 is 1.76 bits per heavy atom. The summed E-state index contributed by atoms with van der Waals surface area (Å²) in [6.07, 6.45) is 1.33. The predicted octanol–water partition coefficient (Wildman–Crippen LogP) is 4.66. The maximum absolute atomic E-state index is 13.4. The summed E-state index contributed by atoms with van der Waals surface area (Å²) in [7, 11) is 1.67. The van der Waals surface area contributed by atoms with E-state index in [1.165, 1.54) is 0 Å². The minimum atomic E-state index is -0.109. The summed E-state index contributed by atoms with van der Waals surface area (Å²) < 4.78 is 10.9. The number of benzene rings is 3. The van der Waals surface area contributed by atoms with E-state index in [9.17, 15) is 4.79 Å². The van der Waals surface area contributed by atoms with Gasteiger partial charge in [0.15, 0.2) is 0 Å². The van der Waals surface area contributed by atoms with Gasteiger partial charge in [-0.3, -0.25) is 0 Å². The molecule has 38 heavy (non-hydrogen) atoms. The van der Waals surface area contributed by atoms with Gasteiger partial charge in [-0.1, -0.05) is 48.5 Å². The van der Waals surface area contributed by atoms with Crippen LogP contribution in [0.1, 0.15) is 22.6 Å². The molecule has 2 amide bonds. The van der Waals surface area contributed by atoms with E-state index >= 15 is 0 Å². The van der Waals surface area contributed by atoms with Crippen molar-refractivity contribution in [2.24, 2.45) is 0 Å². The van der Waals surface area contributed by atoms with Crippen molar-refractivity contribution in [1.82, 2.24) is 14.9 Å². The lowest BCUT2D eigenvalue weighted by atomic mass is 10.0. The van der Waals surface area contributed by atoms with Crippen molar-refractivity contribution >= 4 is 28.3 Å². The second kappa shape index (κ2) is 10.7. The van der Waals surface area contributed by atoms with Crippen LogP contribution < -0.4 is 15.0 Å². The van der Waals surface area contributed by atoms with E-state index in [2.05, 4.69) is 34.5 Å². The number of urea groups is 1. The number of ether oxygens (including phenoxy) is 2. The zero-order chi connectivity index (χ0) is 25.9. The number of amides is 2. The van der Waals surface area contributed by atoms with Gasteiger partial charge < -0.3 is 24.6 Å². The van der Waals surface area contributed by atoms with Crippen molar-refractivity contribution < 1.29 is 14.3 Å². The smallest absolute Gasteiger partial charge is 0.322 e. The van der Waals surface area contributed by atoms with Crippen molar-refractivity contribution in [2.45, 2.75) is 19.4 Å². The summed E-state index contributed by atoms with van der Waals surface area (Å²) >= 11 is 0. The van der Waals surface area contributed by atoms with Gasteiger partial charge in [-0.05, 0) is 29.1 Å². The van der Waals surface area contributed by atoms with Crippen LogP contribution in [0, 0.1) is 0 Å². The van der Waals surface area contributed by atoms with E-state index in [1.807, 2.05) is 47.4 Å². The molecule has 3 heterocycles. The normalized spacial score (nSPS) is 15.3. The molecule has 2 aliphatic rings. The molecular weight excluding hydrogens is 478 g/mol. The summed E-state index contributed by atoms with van der Waals surface area (Å²) in [4.78, 5) is 27.5. The largest absolute Gasteiger partial charge is 0.497 e. The Kier molecular flexibility index (Phi) is 6.79. The van der Waals surface area contributed by atoms with E-state index in [0.29, 0.717) is 39.1 Å². The number of nitrogens with one attached hydrogen (secondary N) is 1. The zero-order valence-electron chi connectivity index (χ0n) is 21.5. The molecule has 0 aliphatic carbocycles. The highest BCUT2D eigenvalue weighted by molar-refractivity contribution is 6.01. The quantitative estimate of drug-likeness (QED) is 0.422. The van der Waals surface area contributed by atoms with Crippen molar-refractivity contribution in [1.29, 1.82) is 0 Å². The van der Waals surface area contributed by atoms with E-state index in [-0.39, 0.29) is 6.03 Å². The molecule has 194 valence electrons. The second-order valence-corrected chi connectivity index (χ2v) is 9.64. The number of carbonyl (C=O) groups excluding carboxylic acids is 1. The second-order valence-electron chi connectivity index (χ2n) is 9.64. The Bertz CT molecular complexity index is 1450. The van der Waals surface area contributed by atoms with E-state index in [0.717, 1.165) is 63.8 Å². The number of hydrogen-bond donors (Lipinski definition) is 1. The monoisotopic (exact) mass is 509 g/mol. The molecule has 6 rings (SSSR count). The van der Waals surface area contributed by atoms with Gasteiger partial charge in [-0.15, -0.1) is 0 Å². The van der Waals surface area contributed by atoms with Crippen LogP contribution in [-0.4, -0.2) is 60.9 Å². The summed E-state index contributed by atoms with van der Waals surface area (Å²) in [5.41, 5.74) is 4.01. The third kappa shape index (κ3) is 4.99. The van der Waals surface area contributed by atoms with Crippen molar-refractivity contribution in [3.05, 3.63) is 89.4 Å². The van der Waals surface area contributed by atoms with Gasteiger partial charge in [0.2, 0.25) is 0 Å². The Labute approximate surface area is 222 Å². The average molecular weight is 510 g/mol. The van der Waals surface area contributed by atoms with Gasteiger partial charge in [0.25, 0.3) is 0 Å². The number of anilines is 2. The molecule has 1 aromatic heterocycles. The highest BCUT2D eigenvalue weighted by Gasteiger charge is 2.28. The van der Waals surface area contributed by atoms with E-state index < -0.39 is 0 Å². The minimum absolute atomic E-state index is 0.109. The van der Waals surface area contributed by atoms with Crippen LogP contribution >= 0.6 is 0 Å². The van der Waals surface area contributed by atoms with Gasteiger partial charge in [0.1, 0.15) is 17.4 Å². The van der Waals surface area contributed by atoms with Crippen LogP contribution in [0.25, 0.3) is 10.8 Å². The fourth-order valence-electron chi connectivity index (χ4n) is 5.19. The first-order chi connectivity index (χ1) is 18.7. The number of methoxy groups -OCH3 is 1. The van der Waals surface area contributed by atoms with Crippen LogP contribution in [0.2, 0.25) is 0 Å². The summed E-state index contributed by atoms with van der Waals surface area (Å²) in [5.74, 6) is 2.55. The lowest BCUT2D eigenvalue weighted by Crippen LogP contribution is -2.42. The average Bonchev–Trinajstić information content (AvgIpc) is 2.97. The van der Waals surface area contributed by atoms with E-state index in [4.69, 9.17) is 19.4 Å². The summed E-state index contributed by atoms with van der Waals surface area (Å²) in [6.45, 7) is 3.95. The molecule has 3 aromatic carbocycles. The van der Waals surface area contributed by atoms with Crippen LogP contribution in [0.3, 0.4) is 0 Å². The summed E-state index contributed by atoms with van der Waals surface area (Å²) in [6, 6.07) is 22.0. The van der Waals surface area contributed by atoms with Gasteiger partial charge in [0, 0.05) is 43.4 Å². The first-order valence-electron chi connectivity index (χ1n) is 13.1. The number of nitrogens with zero attached hydrogens (tertiary/aromatic N) is 4. The Balaban J connectivity index is 1.27. The lowest BCUT2D eigenvalue weighted by molar-refractivity contribution is 0.122. The number of aromatic nitrogens is 2.